The Hall–Kier alpha value is -3.14. The van der Waals surface area contributed by atoms with E-state index in [1.807, 2.05) is 48.9 Å². The second-order valence-corrected chi connectivity index (χ2v) is 10.7. The number of benzene rings is 2. The van der Waals surface area contributed by atoms with Crippen molar-refractivity contribution in [3.63, 3.8) is 0 Å². The third-order valence-electron chi connectivity index (χ3n) is 5.91. The van der Waals surface area contributed by atoms with Gasteiger partial charge in [-0.3, -0.25) is 10.2 Å². The van der Waals surface area contributed by atoms with Crippen LogP contribution in [-0.4, -0.2) is 32.7 Å². The van der Waals surface area contributed by atoms with Gasteiger partial charge in [0.2, 0.25) is 0 Å². The standard InChI is InChI=1S/C24H29FN4O4S/c1-15(2)10-21(26)27-18-9-8-17-11-20(33-14-16-6-4-3-5-7-16)24(23(25)19(17)12-18)29-13-22(30)28-34(29,31)32/h3-7,11,15,18H,8-10,12-14H2,1-2H3,(H2,26,27)(H,28,30). The molecule has 182 valence electrons. The molecular weight excluding hydrogens is 459 g/mol. The summed E-state index contributed by atoms with van der Waals surface area (Å²) in [4.78, 5) is 11.9. The second kappa shape index (κ2) is 9.61. The fraction of sp³-hybridized carbons (Fsp3) is 0.417. The van der Waals surface area contributed by atoms with E-state index in [2.05, 4.69) is 5.32 Å². The second-order valence-electron chi connectivity index (χ2n) is 9.15. The smallest absolute Gasteiger partial charge is 0.326 e. The van der Waals surface area contributed by atoms with Gasteiger partial charge in [-0.2, -0.15) is 8.42 Å². The Morgan fingerprint density at radius 3 is 2.71 bits per heavy atom. The summed E-state index contributed by atoms with van der Waals surface area (Å²) >= 11 is 0. The highest BCUT2D eigenvalue weighted by atomic mass is 32.2. The van der Waals surface area contributed by atoms with Gasteiger partial charge in [-0.05, 0) is 47.9 Å². The predicted octanol–water partition coefficient (Wildman–Crippen LogP) is 3.06. The van der Waals surface area contributed by atoms with Crippen molar-refractivity contribution in [1.82, 2.24) is 10.0 Å². The van der Waals surface area contributed by atoms with E-state index in [1.165, 1.54) is 0 Å². The highest BCUT2D eigenvalue weighted by Crippen LogP contribution is 2.40. The molecule has 8 nitrogen and oxygen atoms in total. The van der Waals surface area contributed by atoms with E-state index in [9.17, 15) is 13.2 Å². The summed E-state index contributed by atoms with van der Waals surface area (Å²) in [7, 11) is -4.23. The van der Waals surface area contributed by atoms with Crippen LogP contribution >= 0.6 is 0 Å². The van der Waals surface area contributed by atoms with E-state index in [0.29, 0.717) is 43.0 Å². The number of hydrogen-bond donors (Lipinski definition) is 3. The van der Waals surface area contributed by atoms with Crippen LogP contribution in [0.1, 0.15) is 43.4 Å². The van der Waals surface area contributed by atoms with E-state index < -0.39 is 28.5 Å². The van der Waals surface area contributed by atoms with E-state index in [0.717, 1.165) is 15.4 Å². The minimum Gasteiger partial charge on any atom is -0.487 e. The molecule has 0 saturated carbocycles. The first-order valence-electron chi connectivity index (χ1n) is 11.3. The largest absolute Gasteiger partial charge is 0.487 e. The number of nitrogens with zero attached hydrogens (tertiary/aromatic N) is 1. The molecule has 0 aromatic heterocycles. The number of fused-ring (bicyclic) bond motifs is 1. The lowest BCUT2D eigenvalue weighted by atomic mass is 9.87. The van der Waals surface area contributed by atoms with E-state index in [4.69, 9.17) is 10.1 Å². The lowest BCUT2D eigenvalue weighted by Crippen LogP contribution is -2.39. The maximum atomic E-state index is 16.0. The third kappa shape index (κ3) is 5.16. The zero-order chi connectivity index (χ0) is 24.5. The van der Waals surface area contributed by atoms with Crippen LogP contribution in [0.25, 0.3) is 0 Å². The first-order chi connectivity index (χ1) is 16.1. The molecule has 2 aliphatic rings. The van der Waals surface area contributed by atoms with Crippen LogP contribution < -0.4 is 19.1 Å². The lowest BCUT2D eigenvalue weighted by molar-refractivity contribution is -0.117. The topological polar surface area (TPSA) is 112 Å². The van der Waals surface area contributed by atoms with Gasteiger partial charge in [0, 0.05) is 12.5 Å². The first kappa shape index (κ1) is 24.0. The number of anilines is 1. The van der Waals surface area contributed by atoms with Crippen molar-refractivity contribution in [2.24, 2.45) is 5.92 Å². The maximum absolute atomic E-state index is 16.0. The molecular formula is C24H29FN4O4S. The van der Waals surface area contributed by atoms with Gasteiger partial charge in [-0.25, -0.2) is 13.4 Å². The minimum atomic E-state index is -4.23. The zero-order valence-electron chi connectivity index (χ0n) is 19.2. The SMILES string of the molecule is CC(C)CC(=N)NC1CCc2cc(OCc3ccccc3)c(N3CC(=O)NS3(=O)=O)c(F)c2C1. The number of rotatable bonds is 7. The molecule has 34 heavy (non-hydrogen) atoms. The van der Waals surface area contributed by atoms with Crippen LogP contribution in [0.2, 0.25) is 0 Å². The Labute approximate surface area is 199 Å². The molecule has 10 heteroatoms. The molecule has 3 N–H and O–H groups in total. The van der Waals surface area contributed by atoms with Crippen LogP contribution in [0.4, 0.5) is 10.1 Å². The van der Waals surface area contributed by atoms with E-state index in [1.54, 1.807) is 6.07 Å². The molecule has 2 aromatic rings. The molecule has 1 amide bonds. The van der Waals surface area contributed by atoms with Gasteiger partial charge >= 0.3 is 10.2 Å². The molecule has 0 radical (unpaired) electrons. The van der Waals surface area contributed by atoms with Crippen molar-refractivity contribution in [2.45, 2.75) is 52.2 Å². The van der Waals surface area contributed by atoms with Crippen LogP contribution in [0.3, 0.4) is 0 Å². The Bertz CT molecular complexity index is 1200. The highest BCUT2D eigenvalue weighted by molar-refractivity contribution is 7.92. The molecule has 1 unspecified atom stereocenters. The molecule has 2 aromatic carbocycles. The molecule has 1 aliphatic heterocycles. The van der Waals surface area contributed by atoms with Crippen molar-refractivity contribution < 1.29 is 22.3 Å². The molecule has 0 bridgehead atoms. The fourth-order valence-electron chi connectivity index (χ4n) is 4.39. The number of carbonyl (C=O) groups excluding carboxylic acids is 1. The average Bonchev–Trinajstić information content (AvgIpc) is 3.04. The summed E-state index contributed by atoms with van der Waals surface area (Å²) in [6.45, 7) is 3.67. The minimum absolute atomic E-state index is 0.0825. The average molecular weight is 489 g/mol. The van der Waals surface area contributed by atoms with Gasteiger partial charge in [0.1, 0.15) is 24.6 Å². The van der Waals surface area contributed by atoms with Crippen molar-refractivity contribution >= 4 is 27.6 Å². The molecule has 1 saturated heterocycles. The molecule has 1 fully saturated rings. The molecule has 4 rings (SSSR count). The number of halogens is 1. The number of aryl methyl sites for hydroxylation is 1. The van der Waals surface area contributed by atoms with Crippen LogP contribution in [0.5, 0.6) is 5.75 Å². The van der Waals surface area contributed by atoms with Gasteiger partial charge in [0.05, 0.1) is 5.84 Å². The van der Waals surface area contributed by atoms with Crippen molar-refractivity contribution in [3.8, 4) is 5.75 Å². The monoisotopic (exact) mass is 488 g/mol. The quantitative estimate of drug-likeness (QED) is 0.410. The van der Waals surface area contributed by atoms with Crippen LogP contribution in [0.15, 0.2) is 36.4 Å². The number of nitrogens with one attached hydrogen (secondary N) is 3. The van der Waals surface area contributed by atoms with Gasteiger partial charge in [0.25, 0.3) is 5.91 Å². The number of amidine groups is 1. The summed E-state index contributed by atoms with van der Waals surface area (Å²) in [6, 6.07) is 10.8. The Morgan fingerprint density at radius 2 is 2.06 bits per heavy atom. The van der Waals surface area contributed by atoms with Gasteiger partial charge in [-0.15, -0.1) is 0 Å². The highest BCUT2D eigenvalue weighted by Gasteiger charge is 2.39. The molecule has 1 aliphatic carbocycles. The third-order valence-corrected chi connectivity index (χ3v) is 7.29. The summed E-state index contributed by atoms with van der Waals surface area (Å²) in [5.41, 5.74) is 1.72. The van der Waals surface area contributed by atoms with E-state index >= 15 is 4.39 Å². The van der Waals surface area contributed by atoms with Crippen molar-refractivity contribution in [1.29, 1.82) is 5.41 Å². The number of carbonyl (C=O) groups is 1. The van der Waals surface area contributed by atoms with Gasteiger partial charge < -0.3 is 10.1 Å². The Morgan fingerprint density at radius 1 is 1.32 bits per heavy atom. The van der Waals surface area contributed by atoms with Crippen LogP contribution in [0, 0.1) is 17.1 Å². The Kier molecular flexibility index (Phi) is 6.79. The summed E-state index contributed by atoms with van der Waals surface area (Å²) in [5, 5.41) is 11.3. The Balaban J connectivity index is 1.68. The van der Waals surface area contributed by atoms with Crippen molar-refractivity contribution in [3.05, 3.63) is 58.9 Å². The van der Waals surface area contributed by atoms with Crippen molar-refractivity contribution in [2.75, 3.05) is 10.8 Å². The number of hydrogen-bond acceptors (Lipinski definition) is 5. The molecule has 1 atom stereocenters. The van der Waals surface area contributed by atoms with Gasteiger partial charge in [-0.1, -0.05) is 44.2 Å². The molecule has 0 spiro atoms. The normalized spacial score (nSPS) is 19.0. The maximum Gasteiger partial charge on any atom is 0.326 e. The van der Waals surface area contributed by atoms with Gasteiger partial charge in [0.15, 0.2) is 5.82 Å². The first-order valence-corrected chi connectivity index (χ1v) is 12.8. The van der Waals surface area contributed by atoms with E-state index in [-0.39, 0.29) is 24.1 Å². The lowest BCUT2D eigenvalue weighted by Gasteiger charge is -2.30. The predicted molar refractivity (Wildman–Crippen MR) is 128 cm³/mol. The summed E-state index contributed by atoms with van der Waals surface area (Å²) in [5.74, 6) is -0.618. The fourth-order valence-corrected chi connectivity index (χ4v) is 5.55. The number of amides is 1. The number of ether oxygens (including phenoxy) is 1. The van der Waals surface area contributed by atoms with Crippen LogP contribution in [-0.2, 0) is 34.5 Å². The molecule has 1 heterocycles. The summed E-state index contributed by atoms with van der Waals surface area (Å²) in [6.07, 6.45) is 2.18. The summed E-state index contributed by atoms with van der Waals surface area (Å²) < 4.78 is 49.7. The zero-order valence-corrected chi connectivity index (χ0v) is 20.0.